The number of nitrogens with one attached hydrogen (secondary N) is 1. The summed E-state index contributed by atoms with van der Waals surface area (Å²) < 4.78 is 5.43. The molecule has 2 heterocycles. The maximum absolute atomic E-state index is 5.43. The smallest absolute Gasteiger partial charge is 0.125 e. The van der Waals surface area contributed by atoms with Crippen LogP contribution >= 0.6 is 0 Å². The Bertz CT molecular complexity index is 1460. The Morgan fingerprint density at radius 3 is 2.57 bits per heavy atom. The fourth-order valence-corrected chi connectivity index (χ4v) is 4.30. The van der Waals surface area contributed by atoms with Gasteiger partial charge in [-0.25, -0.2) is 0 Å². The van der Waals surface area contributed by atoms with Gasteiger partial charge in [-0.2, -0.15) is 5.10 Å². The number of methoxy groups -OCH3 is 1. The number of fused-ring (bicyclic) bond motifs is 1. The molecule has 3 aliphatic rings. The minimum atomic E-state index is 0.780. The second kappa shape index (κ2) is 9.82. The number of ether oxygens (including phenoxy) is 1. The van der Waals surface area contributed by atoms with Crippen molar-refractivity contribution < 1.29 is 4.74 Å². The summed E-state index contributed by atoms with van der Waals surface area (Å²) >= 11 is 0. The van der Waals surface area contributed by atoms with Crippen LogP contribution in [0.15, 0.2) is 138 Å². The largest absolute Gasteiger partial charge is 0.496 e. The molecule has 4 heteroatoms. The Kier molecular flexibility index (Phi) is 6.27. The average molecular weight is 458 g/mol. The number of rotatable bonds is 4. The summed E-state index contributed by atoms with van der Waals surface area (Å²) in [5.41, 5.74) is 10.4. The van der Waals surface area contributed by atoms with Crippen LogP contribution < -0.4 is 0 Å². The Morgan fingerprint density at radius 1 is 0.886 bits per heavy atom. The highest BCUT2D eigenvalue weighted by molar-refractivity contribution is 5.84. The number of hydrogen-bond donors (Lipinski definition) is 1. The highest BCUT2D eigenvalue weighted by Crippen LogP contribution is 2.31. The van der Waals surface area contributed by atoms with Crippen molar-refractivity contribution in [2.24, 2.45) is 0 Å². The Balaban J connectivity index is 1.47. The highest BCUT2D eigenvalue weighted by Gasteiger charge is 2.14. The zero-order chi connectivity index (χ0) is 24.2. The van der Waals surface area contributed by atoms with Gasteiger partial charge >= 0.3 is 0 Å². The molecule has 0 amide bonds. The summed E-state index contributed by atoms with van der Waals surface area (Å²) in [6.07, 6.45) is 28.3. The van der Waals surface area contributed by atoms with E-state index in [0.29, 0.717) is 0 Å². The van der Waals surface area contributed by atoms with Gasteiger partial charge in [-0.3, -0.25) is 10.1 Å². The first-order valence-corrected chi connectivity index (χ1v) is 11.6. The van der Waals surface area contributed by atoms with E-state index >= 15 is 0 Å². The lowest BCUT2D eigenvalue weighted by atomic mass is 9.95. The summed E-state index contributed by atoms with van der Waals surface area (Å²) in [4.78, 5) is 4.67. The minimum Gasteiger partial charge on any atom is -0.496 e. The number of aryl methyl sites for hydroxylation is 1. The SMILES string of the molecule is C=C1C=CC(C2=CCC=C3\C=C/C(c4cn[nH]c4-c4cccc(C)n4)=C/C=C/C3=C2)=CC=C1OC. The third kappa shape index (κ3) is 4.78. The molecule has 0 fully saturated rings. The average Bonchev–Trinajstić information content (AvgIpc) is 3.15. The molecule has 0 bridgehead atoms. The molecule has 4 nitrogen and oxygen atoms in total. The van der Waals surface area contributed by atoms with E-state index in [9.17, 15) is 0 Å². The van der Waals surface area contributed by atoms with Crippen molar-refractivity contribution in [2.75, 3.05) is 7.11 Å². The zero-order valence-electron chi connectivity index (χ0n) is 20.0. The maximum atomic E-state index is 5.43. The number of nitrogens with zero attached hydrogens (tertiary/aromatic N) is 2. The van der Waals surface area contributed by atoms with Crippen LogP contribution in [0, 0.1) is 6.92 Å². The van der Waals surface area contributed by atoms with E-state index in [1.165, 1.54) is 16.7 Å². The van der Waals surface area contributed by atoms with Gasteiger partial charge in [-0.15, -0.1) is 0 Å². The number of aromatic amines is 1. The van der Waals surface area contributed by atoms with Crippen molar-refractivity contribution in [3.8, 4) is 11.4 Å². The second-order valence-electron chi connectivity index (χ2n) is 8.51. The first-order valence-electron chi connectivity index (χ1n) is 11.6. The highest BCUT2D eigenvalue weighted by atomic mass is 16.5. The van der Waals surface area contributed by atoms with Gasteiger partial charge in [0, 0.05) is 16.8 Å². The number of hydrogen-bond acceptors (Lipinski definition) is 3. The van der Waals surface area contributed by atoms with E-state index in [2.05, 4.69) is 82.5 Å². The predicted octanol–water partition coefficient (Wildman–Crippen LogP) is 7.06. The zero-order valence-corrected chi connectivity index (χ0v) is 20.0. The van der Waals surface area contributed by atoms with Gasteiger partial charge in [0.1, 0.15) is 5.76 Å². The molecular weight excluding hydrogens is 430 g/mol. The van der Waals surface area contributed by atoms with Gasteiger partial charge in [0.2, 0.25) is 0 Å². The molecule has 0 spiro atoms. The van der Waals surface area contributed by atoms with Gasteiger partial charge in [-0.1, -0.05) is 73.4 Å². The van der Waals surface area contributed by atoms with Crippen LogP contribution in [0.3, 0.4) is 0 Å². The van der Waals surface area contributed by atoms with Gasteiger partial charge in [0.15, 0.2) is 0 Å². The molecule has 0 aliphatic heterocycles. The van der Waals surface area contributed by atoms with Gasteiger partial charge in [0.05, 0.1) is 24.7 Å². The summed E-state index contributed by atoms with van der Waals surface area (Å²) in [5.74, 6) is 0.780. The maximum Gasteiger partial charge on any atom is 0.125 e. The molecule has 0 atom stereocenters. The molecule has 35 heavy (non-hydrogen) atoms. The van der Waals surface area contributed by atoms with Crippen LogP contribution in [0.1, 0.15) is 17.7 Å². The predicted molar refractivity (Wildman–Crippen MR) is 143 cm³/mol. The Morgan fingerprint density at radius 2 is 1.71 bits per heavy atom. The monoisotopic (exact) mass is 457 g/mol. The normalized spacial score (nSPS) is 20.8. The van der Waals surface area contributed by atoms with E-state index in [1.807, 2.05) is 43.5 Å². The molecule has 5 rings (SSSR count). The van der Waals surface area contributed by atoms with E-state index in [0.717, 1.165) is 51.5 Å². The topological polar surface area (TPSA) is 50.8 Å². The van der Waals surface area contributed by atoms with Gasteiger partial charge in [-0.05, 0) is 65.5 Å². The van der Waals surface area contributed by atoms with E-state index in [1.54, 1.807) is 7.11 Å². The summed E-state index contributed by atoms with van der Waals surface area (Å²) in [5, 5.41) is 7.44. The number of allylic oxidation sites excluding steroid dienone is 17. The third-order valence-electron chi connectivity index (χ3n) is 6.16. The van der Waals surface area contributed by atoms with Crippen LogP contribution in [-0.4, -0.2) is 22.3 Å². The van der Waals surface area contributed by atoms with E-state index < -0.39 is 0 Å². The molecular formula is C31H27N3O. The van der Waals surface area contributed by atoms with Gasteiger partial charge in [0.25, 0.3) is 0 Å². The Hall–Kier alpha value is -4.44. The third-order valence-corrected chi connectivity index (χ3v) is 6.16. The molecule has 0 radical (unpaired) electrons. The molecule has 0 unspecified atom stereocenters. The summed E-state index contributed by atoms with van der Waals surface area (Å²) in [7, 11) is 1.67. The lowest BCUT2D eigenvalue weighted by Crippen LogP contribution is -1.92. The van der Waals surface area contributed by atoms with Crippen molar-refractivity contribution in [2.45, 2.75) is 13.3 Å². The second-order valence-corrected chi connectivity index (χ2v) is 8.51. The number of aromatic nitrogens is 3. The van der Waals surface area contributed by atoms with Crippen LogP contribution in [0.25, 0.3) is 17.0 Å². The van der Waals surface area contributed by atoms with Crippen LogP contribution in [0.5, 0.6) is 0 Å². The molecule has 0 aromatic carbocycles. The first kappa shape index (κ1) is 22.4. The molecule has 3 aliphatic carbocycles. The van der Waals surface area contributed by atoms with Crippen molar-refractivity contribution >= 4 is 5.57 Å². The quantitative estimate of drug-likeness (QED) is 0.535. The van der Waals surface area contributed by atoms with Crippen LogP contribution in [0.2, 0.25) is 0 Å². The fourth-order valence-electron chi connectivity index (χ4n) is 4.30. The van der Waals surface area contributed by atoms with Crippen LogP contribution in [-0.2, 0) is 4.74 Å². The van der Waals surface area contributed by atoms with Crippen molar-refractivity contribution in [1.29, 1.82) is 0 Å². The molecule has 0 saturated carbocycles. The Labute approximate surface area is 206 Å². The van der Waals surface area contributed by atoms with Crippen LogP contribution in [0.4, 0.5) is 0 Å². The van der Waals surface area contributed by atoms with Crippen molar-refractivity contribution in [3.05, 3.63) is 149 Å². The number of H-pyrrole nitrogens is 1. The molecule has 0 saturated heterocycles. The standard InChI is InChI=1S/C31H27N3O/c1-21-13-14-24(17-18-30(21)35-3)27-10-5-8-23-15-16-25(9-6-11-26(23)19-27)28-20-32-34-31(28)29-12-4-7-22(2)33-29/h4,6-20H,1,5H2,2-3H3,(H,32,34)/b11-6+,16-15-,25-9-. The molecule has 1 N–H and O–H groups in total. The summed E-state index contributed by atoms with van der Waals surface area (Å²) in [6.45, 7) is 6.07. The molecule has 172 valence electrons. The fraction of sp³-hybridized carbons (Fsp3) is 0.0968. The van der Waals surface area contributed by atoms with Gasteiger partial charge < -0.3 is 4.74 Å². The van der Waals surface area contributed by atoms with Crippen molar-refractivity contribution in [1.82, 2.24) is 15.2 Å². The van der Waals surface area contributed by atoms with E-state index in [4.69, 9.17) is 4.74 Å². The van der Waals surface area contributed by atoms with Crippen molar-refractivity contribution in [3.63, 3.8) is 0 Å². The molecule has 2 aromatic rings. The molecule has 2 aromatic heterocycles. The lowest BCUT2D eigenvalue weighted by molar-refractivity contribution is 0.303. The lowest BCUT2D eigenvalue weighted by Gasteiger charge is -2.09. The minimum absolute atomic E-state index is 0.780. The summed E-state index contributed by atoms with van der Waals surface area (Å²) in [6, 6.07) is 6.02. The number of pyridine rings is 1. The van der Waals surface area contributed by atoms with E-state index in [-0.39, 0.29) is 0 Å². The first-order chi connectivity index (χ1) is 17.1.